The smallest absolute Gasteiger partial charge is 0.158 e. The van der Waals surface area contributed by atoms with E-state index in [0.717, 1.165) is 11.4 Å². The van der Waals surface area contributed by atoms with E-state index < -0.39 is 0 Å². The molecule has 0 spiro atoms. The largest absolute Gasteiger partial charge is 0.394 e. The van der Waals surface area contributed by atoms with E-state index in [0.29, 0.717) is 6.54 Å². The maximum Gasteiger partial charge on any atom is 0.158 e. The molecule has 5 heteroatoms. The van der Waals surface area contributed by atoms with Gasteiger partial charge in [0.05, 0.1) is 13.2 Å². The zero-order chi connectivity index (χ0) is 15.9. The molecule has 2 heterocycles. The highest BCUT2D eigenvalue weighted by Gasteiger charge is 2.04. The third-order valence-electron chi connectivity index (χ3n) is 3.42. The van der Waals surface area contributed by atoms with Crippen LogP contribution in [0.5, 0.6) is 0 Å². The summed E-state index contributed by atoms with van der Waals surface area (Å²) in [4.78, 5) is 7.27. The summed E-state index contributed by atoms with van der Waals surface area (Å²) in [6.45, 7) is 0.549. The number of nitrogens with zero attached hydrogens (tertiary/aromatic N) is 3. The molecule has 4 rings (SSSR count). The molecular weight excluding hydrogens is 288 g/mol. The van der Waals surface area contributed by atoms with E-state index in [2.05, 4.69) is 33.3 Å². The van der Waals surface area contributed by atoms with E-state index in [-0.39, 0.29) is 6.61 Å². The molecule has 0 saturated carbocycles. The molecule has 0 fully saturated rings. The van der Waals surface area contributed by atoms with Gasteiger partial charge < -0.3 is 10.1 Å². The molecule has 2 N–H and O–H groups in total. The van der Waals surface area contributed by atoms with Crippen LogP contribution in [0.4, 0.5) is 0 Å². The van der Waals surface area contributed by atoms with Crippen molar-refractivity contribution >= 4 is 10.9 Å². The second kappa shape index (κ2) is 7.38. The van der Waals surface area contributed by atoms with Crippen molar-refractivity contribution in [3.05, 3.63) is 73.2 Å². The zero-order valence-electron chi connectivity index (χ0n) is 12.6. The van der Waals surface area contributed by atoms with E-state index in [4.69, 9.17) is 5.11 Å². The van der Waals surface area contributed by atoms with E-state index in [1.807, 2.05) is 48.7 Å². The van der Waals surface area contributed by atoms with Gasteiger partial charge in [-0.05, 0) is 17.5 Å². The first kappa shape index (κ1) is 15.0. The first-order valence-corrected chi connectivity index (χ1v) is 7.44. The first-order chi connectivity index (χ1) is 11.4. The molecular formula is C18H18N4O. The molecule has 0 aliphatic carbocycles. The summed E-state index contributed by atoms with van der Waals surface area (Å²) >= 11 is 0. The van der Waals surface area contributed by atoms with Crippen LogP contribution in [0.15, 0.2) is 73.2 Å². The van der Waals surface area contributed by atoms with Gasteiger partial charge in [-0.25, -0.2) is 9.67 Å². The lowest BCUT2D eigenvalue weighted by molar-refractivity contribution is 0.270. The monoisotopic (exact) mass is 306 g/mol. The molecule has 0 aliphatic rings. The van der Waals surface area contributed by atoms with Crippen LogP contribution in [-0.4, -0.2) is 31.5 Å². The lowest BCUT2D eigenvalue weighted by Gasteiger charge is -2.02. The number of aromatic amines is 1. The van der Waals surface area contributed by atoms with Gasteiger partial charge in [0, 0.05) is 17.3 Å². The molecule has 0 unspecified atom stereocenters. The first-order valence-electron chi connectivity index (χ1n) is 7.44. The van der Waals surface area contributed by atoms with Crippen molar-refractivity contribution in [2.75, 3.05) is 6.61 Å². The van der Waals surface area contributed by atoms with Crippen molar-refractivity contribution < 1.29 is 5.11 Å². The summed E-state index contributed by atoms with van der Waals surface area (Å²) < 4.78 is 1.69. The van der Waals surface area contributed by atoms with E-state index in [1.165, 1.54) is 17.2 Å². The van der Waals surface area contributed by atoms with Crippen LogP contribution in [0.1, 0.15) is 0 Å². The van der Waals surface area contributed by atoms with Gasteiger partial charge in [-0.2, -0.15) is 5.10 Å². The lowest BCUT2D eigenvalue weighted by Crippen LogP contribution is -2.05. The number of rotatable bonds is 3. The Hall–Kier alpha value is -2.92. The summed E-state index contributed by atoms with van der Waals surface area (Å²) in [5, 5.41) is 14.1. The fraction of sp³-hybridized carbons (Fsp3) is 0.111. The molecule has 116 valence electrons. The molecule has 23 heavy (non-hydrogen) atoms. The predicted octanol–water partition coefficient (Wildman–Crippen LogP) is 3.11. The molecule has 0 amide bonds. The van der Waals surface area contributed by atoms with Gasteiger partial charge in [0.1, 0.15) is 6.33 Å². The number of para-hydroxylation sites is 1. The number of benzene rings is 2. The molecule has 2 aromatic carbocycles. The van der Waals surface area contributed by atoms with Gasteiger partial charge in [0.25, 0.3) is 0 Å². The highest BCUT2D eigenvalue weighted by atomic mass is 16.3. The van der Waals surface area contributed by atoms with E-state index >= 15 is 0 Å². The number of H-pyrrole nitrogens is 1. The average molecular weight is 306 g/mol. The lowest BCUT2D eigenvalue weighted by atomic mass is 10.2. The van der Waals surface area contributed by atoms with Crippen LogP contribution >= 0.6 is 0 Å². The van der Waals surface area contributed by atoms with Crippen molar-refractivity contribution in [2.45, 2.75) is 6.54 Å². The molecule has 0 radical (unpaired) electrons. The van der Waals surface area contributed by atoms with Crippen LogP contribution < -0.4 is 0 Å². The van der Waals surface area contributed by atoms with Gasteiger partial charge >= 0.3 is 0 Å². The summed E-state index contributed by atoms with van der Waals surface area (Å²) in [5.41, 5.74) is 2.22. The highest BCUT2D eigenvalue weighted by molar-refractivity contribution is 5.78. The maximum absolute atomic E-state index is 8.82. The van der Waals surface area contributed by atoms with Gasteiger partial charge in [-0.3, -0.25) is 0 Å². The van der Waals surface area contributed by atoms with Gasteiger partial charge in [-0.1, -0.05) is 48.5 Å². The Morgan fingerprint density at radius 1 is 0.957 bits per heavy atom. The molecule has 0 aliphatic heterocycles. The van der Waals surface area contributed by atoms with Crippen molar-refractivity contribution in [1.82, 2.24) is 19.7 Å². The second-order valence-corrected chi connectivity index (χ2v) is 4.96. The second-order valence-electron chi connectivity index (χ2n) is 4.96. The summed E-state index contributed by atoms with van der Waals surface area (Å²) in [6, 6.07) is 20.1. The minimum absolute atomic E-state index is 0.0726. The number of aliphatic hydroxyl groups is 1. The Morgan fingerprint density at radius 3 is 2.52 bits per heavy atom. The minimum atomic E-state index is 0.0726. The molecule has 5 nitrogen and oxygen atoms in total. The average Bonchev–Trinajstić information content (AvgIpc) is 3.25. The quantitative estimate of drug-likeness (QED) is 0.611. The highest BCUT2D eigenvalue weighted by Crippen LogP contribution is 2.14. The minimum Gasteiger partial charge on any atom is -0.394 e. The number of fused-ring (bicyclic) bond motifs is 1. The topological polar surface area (TPSA) is 66.7 Å². The number of hydrogen-bond donors (Lipinski definition) is 2. The molecule has 2 aromatic heterocycles. The Morgan fingerprint density at radius 2 is 1.74 bits per heavy atom. The zero-order valence-corrected chi connectivity index (χ0v) is 12.6. The summed E-state index contributed by atoms with van der Waals surface area (Å²) in [7, 11) is 0. The Balaban J connectivity index is 0.000000149. The fourth-order valence-electron chi connectivity index (χ4n) is 2.33. The van der Waals surface area contributed by atoms with E-state index in [9.17, 15) is 0 Å². The van der Waals surface area contributed by atoms with Crippen LogP contribution in [0.25, 0.3) is 22.3 Å². The van der Waals surface area contributed by atoms with Gasteiger partial charge in [0.15, 0.2) is 5.82 Å². The van der Waals surface area contributed by atoms with Gasteiger partial charge in [-0.15, -0.1) is 0 Å². The van der Waals surface area contributed by atoms with Crippen molar-refractivity contribution in [1.29, 1.82) is 0 Å². The van der Waals surface area contributed by atoms with Crippen LogP contribution in [-0.2, 0) is 6.54 Å². The van der Waals surface area contributed by atoms with Crippen molar-refractivity contribution in [3.8, 4) is 11.4 Å². The van der Waals surface area contributed by atoms with Crippen molar-refractivity contribution in [2.24, 2.45) is 0 Å². The Labute approximate surface area is 134 Å². The Bertz CT molecular complexity index is 821. The van der Waals surface area contributed by atoms with Crippen molar-refractivity contribution in [3.63, 3.8) is 0 Å². The number of nitrogens with one attached hydrogen (secondary N) is 1. The molecule has 0 bridgehead atoms. The molecule has 0 saturated heterocycles. The van der Waals surface area contributed by atoms with Crippen LogP contribution in [0, 0.1) is 0 Å². The normalized spacial score (nSPS) is 10.3. The Kier molecular flexibility index (Phi) is 4.81. The molecule has 0 atom stereocenters. The standard InChI is InChI=1S/C10H11N3O.C8H7N/c14-7-6-13-10(11-8-12-13)9-4-2-1-3-5-9;1-2-4-8-7(3-1)5-6-9-8/h1-5,8,14H,6-7H2;1-6,9H. The summed E-state index contributed by atoms with van der Waals surface area (Å²) in [5.74, 6) is 0.791. The number of aliphatic hydroxyl groups excluding tert-OH is 1. The van der Waals surface area contributed by atoms with Crippen LogP contribution in [0.3, 0.4) is 0 Å². The fourth-order valence-corrected chi connectivity index (χ4v) is 2.33. The summed E-state index contributed by atoms with van der Waals surface area (Å²) in [6.07, 6.45) is 3.45. The predicted molar refractivity (Wildman–Crippen MR) is 90.8 cm³/mol. The number of aromatic nitrogens is 4. The third-order valence-corrected chi connectivity index (χ3v) is 3.42. The molecule has 4 aromatic rings. The third kappa shape index (κ3) is 3.64. The number of hydrogen-bond acceptors (Lipinski definition) is 3. The van der Waals surface area contributed by atoms with Gasteiger partial charge in [0.2, 0.25) is 0 Å². The van der Waals surface area contributed by atoms with Crippen LogP contribution in [0.2, 0.25) is 0 Å². The maximum atomic E-state index is 8.82. The van der Waals surface area contributed by atoms with E-state index in [1.54, 1.807) is 4.68 Å². The SMILES string of the molecule is OCCn1ncnc1-c1ccccc1.c1ccc2[nH]ccc2c1.